The van der Waals surface area contributed by atoms with Crippen molar-refractivity contribution in [3.8, 4) is 34.0 Å². The zero-order chi connectivity index (χ0) is 31.7. The van der Waals surface area contributed by atoms with E-state index in [1.165, 1.54) is 0 Å². The van der Waals surface area contributed by atoms with Gasteiger partial charge in [0.05, 0.1) is 31.0 Å². The van der Waals surface area contributed by atoms with Gasteiger partial charge in [-0.15, -0.1) is 0 Å². The van der Waals surface area contributed by atoms with Crippen LogP contribution in [0.2, 0.25) is 0 Å². The number of hydrogen-bond acceptors (Lipinski definition) is 8. The first-order chi connectivity index (χ1) is 21.6. The van der Waals surface area contributed by atoms with Crippen LogP contribution in [0.5, 0.6) is 11.8 Å². The van der Waals surface area contributed by atoms with Crippen molar-refractivity contribution in [3.05, 3.63) is 94.3 Å². The molecule has 45 heavy (non-hydrogen) atoms. The molecule has 1 fully saturated rings. The fraction of sp³-hybridized carbons (Fsp3) is 0.378. The Balaban J connectivity index is 1.18. The fourth-order valence-corrected chi connectivity index (χ4v) is 6.41. The molecule has 1 aliphatic carbocycles. The first kappa shape index (κ1) is 30.7. The van der Waals surface area contributed by atoms with Crippen LogP contribution in [0.25, 0.3) is 22.3 Å². The number of ether oxygens (including phenoxy) is 5. The number of aromatic nitrogens is 2. The van der Waals surface area contributed by atoms with Crippen molar-refractivity contribution in [1.29, 1.82) is 0 Å². The Morgan fingerprint density at radius 3 is 2.38 bits per heavy atom. The summed E-state index contributed by atoms with van der Waals surface area (Å²) < 4.78 is 29.0. The topological polar surface area (TPSA) is 89.0 Å². The number of nitrogens with zero attached hydrogens (tertiary/aromatic N) is 2. The van der Waals surface area contributed by atoms with Gasteiger partial charge in [-0.05, 0) is 92.6 Å². The summed E-state index contributed by atoms with van der Waals surface area (Å²) in [5.41, 5.74) is 10.4. The van der Waals surface area contributed by atoms with Crippen LogP contribution in [0.15, 0.2) is 60.7 Å². The van der Waals surface area contributed by atoms with Gasteiger partial charge in [-0.25, -0.2) is 0 Å². The summed E-state index contributed by atoms with van der Waals surface area (Å²) in [6.07, 6.45) is 0.163. The van der Waals surface area contributed by atoms with Gasteiger partial charge in [-0.3, -0.25) is 4.79 Å². The second-order valence-electron chi connectivity index (χ2n) is 12.1. The monoisotopic (exact) mass is 608 g/mol. The Morgan fingerprint density at radius 1 is 0.911 bits per heavy atom. The molecule has 8 nitrogen and oxygen atoms in total. The number of aryl methyl sites for hydroxylation is 2. The van der Waals surface area contributed by atoms with E-state index in [-0.39, 0.29) is 18.0 Å². The van der Waals surface area contributed by atoms with Gasteiger partial charge >= 0.3 is 12.0 Å². The van der Waals surface area contributed by atoms with Crippen LogP contribution in [0.1, 0.15) is 66.8 Å². The molecule has 0 radical (unpaired) electrons. The predicted octanol–water partition coefficient (Wildman–Crippen LogP) is 7.24. The van der Waals surface area contributed by atoms with E-state index < -0.39 is 5.79 Å². The molecule has 2 aliphatic rings. The second-order valence-corrected chi connectivity index (χ2v) is 12.1. The molecule has 1 unspecified atom stereocenters. The van der Waals surface area contributed by atoms with Gasteiger partial charge in [0.1, 0.15) is 25.1 Å². The molecule has 2 atom stereocenters. The fourth-order valence-electron chi connectivity index (χ4n) is 6.41. The van der Waals surface area contributed by atoms with Crippen molar-refractivity contribution >= 4 is 5.97 Å². The molecule has 0 bridgehead atoms. The number of fused-ring (bicyclic) bond motifs is 3. The molecule has 6 rings (SSSR count). The number of benzene rings is 3. The lowest BCUT2D eigenvalue weighted by atomic mass is 9.93. The number of rotatable bonds is 10. The van der Waals surface area contributed by atoms with Gasteiger partial charge in [0.25, 0.3) is 0 Å². The molecule has 0 amide bonds. The highest BCUT2D eigenvalue weighted by Gasteiger charge is 2.33. The molecule has 2 heterocycles. The maximum atomic E-state index is 12.4. The highest BCUT2D eigenvalue weighted by atomic mass is 16.7. The zero-order valence-corrected chi connectivity index (χ0v) is 26.8. The Kier molecular flexibility index (Phi) is 8.62. The van der Waals surface area contributed by atoms with Crippen LogP contribution in [0.4, 0.5) is 0 Å². The average molecular weight is 609 g/mol. The molecular formula is C37H40N2O6. The molecule has 4 aromatic rings. The summed E-state index contributed by atoms with van der Waals surface area (Å²) in [7, 11) is 0. The van der Waals surface area contributed by atoms with Crippen molar-refractivity contribution in [2.45, 2.75) is 72.4 Å². The minimum absolute atomic E-state index is 0.0223. The molecule has 1 saturated heterocycles. The van der Waals surface area contributed by atoms with Crippen molar-refractivity contribution < 1.29 is 28.5 Å². The van der Waals surface area contributed by atoms with E-state index in [4.69, 9.17) is 23.7 Å². The van der Waals surface area contributed by atoms with E-state index in [0.29, 0.717) is 38.9 Å². The summed E-state index contributed by atoms with van der Waals surface area (Å²) in [4.78, 5) is 21.7. The molecule has 0 spiro atoms. The Labute approximate surface area is 264 Å². The van der Waals surface area contributed by atoms with Gasteiger partial charge in [-0.1, -0.05) is 48.5 Å². The quantitative estimate of drug-likeness (QED) is 0.174. The van der Waals surface area contributed by atoms with E-state index in [1.54, 1.807) is 0 Å². The third-order valence-electron chi connectivity index (χ3n) is 8.53. The molecule has 0 saturated carbocycles. The van der Waals surface area contributed by atoms with Crippen LogP contribution < -0.4 is 9.47 Å². The van der Waals surface area contributed by atoms with Gasteiger partial charge < -0.3 is 23.7 Å². The normalized spacial score (nSPS) is 17.9. The van der Waals surface area contributed by atoms with Crippen LogP contribution in [-0.2, 0) is 25.6 Å². The summed E-state index contributed by atoms with van der Waals surface area (Å²) in [6.45, 7) is 13.3. The second kappa shape index (κ2) is 12.6. The molecule has 0 N–H and O–H groups in total. The van der Waals surface area contributed by atoms with Gasteiger partial charge in [0.15, 0.2) is 5.79 Å². The minimum Gasteiger partial charge on any atom is -0.489 e. The smallest absolute Gasteiger partial charge is 0.316 e. The number of carbonyl (C=O) groups excluding carboxylic acids is 1. The van der Waals surface area contributed by atoms with Gasteiger partial charge in [0, 0.05) is 11.5 Å². The van der Waals surface area contributed by atoms with Crippen molar-refractivity contribution in [2.24, 2.45) is 0 Å². The van der Waals surface area contributed by atoms with Crippen molar-refractivity contribution in [3.63, 3.8) is 0 Å². The van der Waals surface area contributed by atoms with E-state index in [9.17, 15) is 4.79 Å². The lowest BCUT2D eigenvalue weighted by molar-refractivity contribution is -0.143. The van der Waals surface area contributed by atoms with E-state index >= 15 is 0 Å². The third kappa shape index (κ3) is 6.44. The van der Waals surface area contributed by atoms with Crippen molar-refractivity contribution in [2.75, 3.05) is 19.8 Å². The SMILES string of the molecule is CCOC(=O)CC1c2ccccc2-c2cc(OCc3cccc(-c4c(C)nc(OC[C@@H]5COC(C)(C)O5)nc4C)c3C)ccc21. The van der Waals surface area contributed by atoms with E-state index in [2.05, 4.69) is 53.3 Å². The molecule has 1 aliphatic heterocycles. The summed E-state index contributed by atoms with van der Waals surface area (Å²) in [6, 6.07) is 21.0. The number of esters is 1. The molecule has 8 heteroatoms. The van der Waals surface area contributed by atoms with E-state index in [0.717, 1.165) is 61.6 Å². The largest absolute Gasteiger partial charge is 0.489 e. The lowest BCUT2D eigenvalue weighted by Crippen LogP contribution is -2.25. The zero-order valence-electron chi connectivity index (χ0n) is 26.8. The number of carbonyl (C=O) groups is 1. The van der Waals surface area contributed by atoms with Crippen LogP contribution in [0, 0.1) is 20.8 Å². The maximum Gasteiger partial charge on any atom is 0.316 e. The first-order valence-electron chi connectivity index (χ1n) is 15.5. The summed E-state index contributed by atoms with van der Waals surface area (Å²) >= 11 is 0. The summed E-state index contributed by atoms with van der Waals surface area (Å²) in [5.74, 6) is -0.0258. The van der Waals surface area contributed by atoms with Gasteiger partial charge in [-0.2, -0.15) is 9.97 Å². The lowest BCUT2D eigenvalue weighted by Gasteiger charge is -2.18. The first-order valence-corrected chi connectivity index (χ1v) is 15.5. The van der Waals surface area contributed by atoms with Gasteiger partial charge in [0.2, 0.25) is 0 Å². The molecular weight excluding hydrogens is 568 g/mol. The predicted molar refractivity (Wildman–Crippen MR) is 171 cm³/mol. The van der Waals surface area contributed by atoms with E-state index in [1.807, 2.05) is 58.9 Å². The number of hydrogen-bond donors (Lipinski definition) is 0. The summed E-state index contributed by atoms with van der Waals surface area (Å²) in [5, 5.41) is 0. The highest BCUT2D eigenvalue weighted by molar-refractivity contribution is 5.83. The Morgan fingerprint density at radius 2 is 1.64 bits per heavy atom. The maximum absolute atomic E-state index is 12.4. The minimum atomic E-state index is -0.600. The van der Waals surface area contributed by atoms with Crippen LogP contribution >= 0.6 is 0 Å². The average Bonchev–Trinajstić information content (AvgIpc) is 3.52. The molecule has 234 valence electrons. The highest BCUT2D eigenvalue weighted by Crippen LogP contribution is 2.47. The van der Waals surface area contributed by atoms with Crippen LogP contribution in [-0.4, -0.2) is 47.6 Å². The molecule has 1 aromatic heterocycles. The Hall–Kier alpha value is -4.27. The van der Waals surface area contributed by atoms with Crippen LogP contribution in [0.3, 0.4) is 0 Å². The third-order valence-corrected chi connectivity index (χ3v) is 8.53. The van der Waals surface area contributed by atoms with Crippen molar-refractivity contribution in [1.82, 2.24) is 9.97 Å². The standard InChI is InChI=1S/C37H40N2O6/c1-7-41-34(40)18-33-30-13-9-8-12-29(30)32-17-26(15-16-31(32)33)42-19-25-11-10-14-28(22(25)2)35-23(3)38-36(39-24(35)4)43-20-27-21-44-37(5,6)45-27/h8-17,27,33H,7,18-21H2,1-6H3/t27-,33?/m1/s1. The molecule has 3 aromatic carbocycles. The Bertz CT molecular complexity index is 1710.